The third kappa shape index (κ3) is 4.66. The first-order valence-corrected chi connectivity index (χ1v) is 8.72. The number of carbonyl (C=O) groups excluding carboxylic acids is 2. The Labute approximate surface area is 154 Å². The molecule has 0 spiro atoms. The van der Waals surface area contributed by atoms with E-state index in [-0.39, 0.29) is 12.1 Å². The smallest absolute Gasteiger partial charge is 0.410 e. The maximum atomic E-state index is 12.2. The number of rotatable bonds is 4. The first kappa shape index (κ1) is 19.6. The molecule has 7 nitrogen and oxygen atoms in total. The number of nitrogens with one attached hydrogen (secondary N) is 1. The van der Waals surface area contributed by atoms with E-state index in [1.165, 1.54) is 0 Å². The van der Waals surface area contributed by atoms with Gasteiger partial charge in [0.05, 0.1) is 23.0 Å². The number of likely N-dealkylation sites (tertiary alicyclic amines) is 1. The minimum absolute atomic E-state index is 0.0350. The Morgan fingerprint density at radius 3 is 2.54 bits per heavy atom. The van der Waals surface area contributed by atoms with Crippen molar-refractivity contribution in [3.63, 3.8) is 0 Å². The van der Waals surface area contributed by atoms with Gasteiger partial charge in [-0.25, -0.2) is 4.79 Å². The number of ether oxygens (including phenoxy) is 1. The van der Waals surface area contributed by atoms with Crippen molar-refractivity contribution in [2.24, 2.45) is 0 Å². The highest BCUT2D eigenvalue weighted by molar-refractivity contribution is 5.85. The lowest BCUT2D eigenvalue weighted by atomic mass is 10.0. The van der Waals surface area contributed by atoms with Crippen LogP contribution in [0.3, 0.4) is 0 Å². The molecule has 140 valence electrons. The van der Waals surface area contributed by atoms with Gasteiger partial charge >= 0.3 is 6.09 Å². The van der Waals surface area contributed by atoms with Crippen molar-refractivity contribution >= 4 is 23.9 Å². The zero-order valence-electron chi connectivity index (χ0n) is 15.8. The van der Waals surface area contributed by atoms with Crippen molar-refractivity contribution < 1.29 is 14.3 Å². The number of amides is 2. The molecule has 1 N–H and O–H groups in total. The zero-order valence-corrected chi connectivity index (χ0v) is 15.8. The molecule has 1 fully saturated rings. The zero-order chi connectivity index (χ0) is 19.3. The van der Waals surface area contributed by atoms with E-state index in [0.29, 0.717) is 37.2 Å². The topological polar surface area (TPSA) is 85.7 Å². The Morgan fingerprint density at radius 1 is 1.38 bits per heavy atom. The van der Waals surface area contributed by atoms with Crippen molar-refractivity contribution in [1.82, 2.24) is 4.90 Å². The van der Waals surface area contributed by atoms with Crippen LogP contribution in [0, 0.1) is 11.3 Å². The summed E-state index contributed by atoms with van der Waals surface area (Å²) in [5, 5.41) is 12.2. The van der Waals surface area contributed by atoms with Gasteiger partial charge in [0.1, 0.15) is 5.60 Å². The third-order valence-electron chi connectivity index (χ3n) is 4.30. The maximum Gasteiger partial charge on any atom is 0.410 e. The van der Waals surface area contributed by atoms with Crippen molar-refractivity contribution in [3.05, 3.63) is 23.8 Å². The van der Waals surface area contributed by atoms with Gasteiger partial charge in [0.2, 0.25) is 6.41 Å². The Kier molecular flexibility index (Phi) is 6.09. The summed E-state index contributed by atoms with van der Waals surface area (Å²) in [7, 11) is 1.78. The summed E-state index contributed by atoms with van der Waals surface area (Å²) in [6, 6.07) is 7.28. The quantitative estimate of drug-likeness (QED) is 0.836. The van der Waals surface area contributed by atoms with Crippen LogP contribution >= 0.6 is 0 Å². The minimum Gasteiger partial charge on any atom is -0.444 e. The number of anilines is 2. The van der Waals surface area contributed by atoms with Crippen LogP contribution in [0.4, 0.5) is 16.2 Å². The highest BCUT2D eigenvalue weighted by Crippen LogP contribution is 2.30. The van der Waals surface area contributed by atoms with E-state index in [1.54, 1.807) is 35.0 Å². The van der Waals surface area contributed by atoms with E-state index in [0.717, 1.165) is 12.1 Å². The molecular formula is C19H26N4O3. The monoisotopic (exact) mass is 358 g/mol. The molecule has 0 radical (unpaired) electrons. The largest absolute Gasteiger partial charge is 0.444 e. The van der Waals surface area contributed by atoms with Crippen LogP contribution < -0.4 is 10.2 Å². The molecule has 0 atom stereocenters. The summed E-state index contributed by atoms with van der Waals surface area (Å²) in [6.07, 6.45) is 1.78. The molecule has 0 unspecified atom stereocenters. The van der Waals surface area contributed by atoms with E-state index < -0.39 is 5.60 Å². The van der Waals surface area contributed by atoms with Gasteiger partial charge in [-0.2, -0.15) is 5.26 Å². The van der Waals surface area contributed by atoms with Crippen LogP contribution in [0.5, 0.6) is 0 Å². The second kappa shape index (κ2) is 8.09. The van der Waals surface area contributed by atoms with E-state index >= 15 is 0 Å². The fourth-order valence-corrected chi connectivity index (χ4v) is 3.02. The van der Waals surface area contributed by atoms with E-state index in [4.69, 9.17) is 10.00 Å². The Hall–Kier alpha value is -2.75. The van der Waals surface area contributed by atoms with E-state index in [1.807, 2.05) is 20.8 Å². The standard InChI is InChI=1S/C19H26N4O3/c1-19(2,3)26-18(25)22-9-7-15(8-10-22)23(13-24)17-11-14(12-20)5-6-16(17)21-4/h5-6,11,13,15,21H,7-10H2,1-4H3. The lowest BCUT2D eigenvalue weighted by molar-refractivity contribution is -0.108. The van der Waals surface area contributed by atoms with Gasteiger partial charge < -0.3 is 19.9 Å². The van der Waals surface area contributed by atoms with Crippen molar-refractivity contribution in [2.45, 2.75) is 45.3 Å². The summed E-state index contributed by atoms with van der Waals surface area (Å²) in [6.45, 7) is 6.57. The summed E-state index contributed by atoms with van der Waals surface area (Å²) in [5.41, 5.74) is 1.43. The van der Waals surface area contributed by atoms with Crippen LogP contribution in [0.1, 0.15) is 39.2 Å². The first-order valence-electron chi connectivity index (χ1n) is 8.72. The summed E-state index contributed by atoms with van der Waals surface area (Å²) >= 11 is 0. The molecule has 1 aromatic carbocycles. The number of hydrogen-bond acceptors (Lipinski definition) is 5. The Balaban J connectivity index is 2.11. The van der Waals surface area contributed by atoms with E-state index in [2.05, 4.69) is 11.4 Å². The van der Waals surface area contributed by atoms with Crippen LogP contribution in [0.2, 0.25) is 0 Å². The molecule has 2 amide bonds. The van der Waals surface area contributed by atoms with Crippen molar-refractivity contribution in [2.75, 3.05) is 30.4 Å². The number of benzene rings is 1. The van der Waals surface area contributed by atoms with Crippen molar-refractivity contribution in [3.8, 4) is 6.07 Å². The Morgan fingerprint density at radius 2 is 2.04 bits per heavy atom. The molecule has 0 aromatic heterocycles. The molecule has 1 aliphatic rings. The lowest BCUT2D eigenvalue weighted by Crippen LogP contribution is -2.48. The van der Waals surface area contributed by atoms with Crippen LogP contribution in [0.15, 0.2) is 18.2 Å². The predicted molar refractivity (Wildman–Crippen MR) is 100 cm³/mol. The summed E-state index contributed by atoms with van der Waals surface area (Å²) < 4.78 is 5.41. The Bertz CT molecular complexity index is 698. The molecule has 1 aliphatic heterocycles. The van der Waals surface area contributed by atoms with Crippen LogP contribution in [-0.2, 0) is 9.53 Å². The molecule has 0 aliphatic carbocycles. The molecule has 7 heteroatoms. The average Bonchev–Trinajstić information content (AvgIpc) is 2.61. The van der Waals surface area contributed by atoms with Gasteiger partial charge in [0.15, 0.2) is 0 Å². The van der Waals surface area contributed by atoms with Gasteiger partial charge in [-0.05, 0) is 51.8 Å². The number of carbonyl (C=O) groups is 2. The molecule has 1 aromatic rings. The number of hydrogen-bond donors (Lipinski definition) is 1. The molecule has 2 rings (SSSR count). The van der Waals surface area contributed by atoms with Crippen LogP contribution in [-0.4, -0.2) is 49.2 Å². The average molecular weight is 358 g/mol. The second-order valence-electron chi connectivity index (χ2n) is 7.30. The minimum atomic E-state index is -0.526. The summed E-state index contributed by atoms with van der Waals surface area (Å²) in [4.78, 5) is 27.3. The highest BCUT2D eigenvalue weighted by Gasteiger charge is 2.30. The van der Waals surface area contributed by atoms with Gasteiger partial charge in [0.25, 0.3) is 0 Å². The number of nitriles is 1. The number of nitrogens with zero attached hydrogens (tertiary/aromatic N) is 3. The van der Waals surface area contributed by atoms with Gasteiger partial charge in [-0.1, -0.05) is 0 Å². The molecule has 0 saturated carbocycles. The predicted octanol–water partition coefficient (Wildman–Crippen LogP) is 2.96. The number of piperidine rings is 1. The fraction of sp³-hybridized carbons (Fsp3) is 0.526. The van der Waals surface area contributed by atoms with Crippen molar-refractivity contribution in [1.29, 1.82) is 5.26 Å². The van der Waals surface area contributed by atoms with Gasteiger partial charge in [-0.3, -0.25) is 4.79 Å². The molecular weight excluding hydrogens is 332 g/mol. The first-order chi connectivity index (χ1) is 12.3. The van der Waals surface area contributed by atoms with E-state index in [9.17, 15) is 9.59 Å². The SMILES string of the molecule is CNc1ccc(C#N)cc1N(C=O)C1CCN(C(=O)OC(C)(C)C)CC1. The fourth-order valence-electron chi connectivity index (χ4n) is 3.02. The van der Waals surface area contributed by atoms with Crippen LogP contribution in [0.25, 0.3) is 0 Å². The third-order valence-corrected chi connectivity index (χ3v) is 4.30. The lowest BCUT2D eigenvalue weighted by Gasteiger charge is -2.37. The molecule has 1 saturated heterocycles. The molecule has 0 bridgehead atoms. The molecule has 1 heterocycles. The normalized spacial score (nSPS) is 15.1. The highest BCUT2D eigenvalue weighted by atomic mass is 16.6. The van der Waals surface area contributed by atoms with Gasteiger partial charge in [-0.15, -0.1) is 0 Å². The molecule has 26 heavy (non-hydrogen) atoms. The van der Waals surface area contributed by atoms with Gasteiger partial charge in [0, 0.05) is 26.2 Å². The second-order valence-corrected chi connectivity index (χ2v) is 7.30. The summed E-state index contributed by atoms with van der Waals surface area (Å²) in [5.74, 6) is 0. The maximum absolute atomic E-state index is 12.2.